The Morgan fingerprint density at radius 2 is 1.65 bits per heavy atom. The fourth-order valence-corrected chi connectivity index (χ4v) is 3.95. The average Bonchev–Trinajstić information content (AvgIpc) is 2.62. The van der Waals surface area contributed by atoms with Crippen LogP contribution in [0.3, 0.4) is 0 Å². The topological polar surface area (TPSA) is 73.5 Å². The maximum absolute atomic E-state index is 12.8. The Morgan fingerprint density at radius 3 is 2.23 bits per heavy atom. The molecule has 6 heteroatoms. The number of carbonyl (C=O) groups excluding carboxylic acids is 2. The monoisotopic (exact) mass is 358 g/mol. The van der Waals surface area contributed by atoms with Crippen LogP contribution in [0.25, 0.3) is 0 Å². The Labute approximate surface area is 155 Å². The first-order valence-electron chi connectivity index (χ1n) is 9.65. The van der Waals surface area contributed by atoms with E-state index < -0.39 is 0 Å². The Morgan fingerprint density at radius 1 is 1.04 bits per heavy atom. The molecule has 0 aromatic heterocycles. The van der Waals surface area contributed by atoms with Crippen LogP contribution in [0.2, 0.25) is 0 Å². The van der Waals surface area contributed by atoms with E-state index in [-0.39, 0.29) is 18.0 Å². The van der Waals surface area contributed by atoms with Crippen molar-refractivity contribution in [2.24, 2.45) is 5.41 Å². The van der Waals surface area contributed by atoms with E-state index in [1.165, 1.54) is 12.8 Å². The Bertz CT molecular complexity index is 626. The lowest BCUT2D eigenvalue weighted by Crippen LogP contribution is -2.47. The molecule has 2 fully saturated rings. The van der Waals surface area contributed by atoms with Crippen molar-refractivity contribution >= 4 is 17.6 Å². The largest absolute Gasteiger partial charge is 0.339 e. The van der Waals surface area contributed by atoms with Gasteiger partial charge in [0.2, 0.25) is 0 Å². The van der Waals surface area contributed by atoms with Crippen LogP contribution in [-0.2, 0) is 0 Å². The summed E-state index contributed by atoms with van der Waals surface area (Å²) in [4.78, 5) is 26.5. The zero-order valence-electron chi connectivity index (χ0n) is 15.8. The molecule has 0 bridgehead atoms. The highest BCUT2D eigenvalue weighted by molar-refractivity contribution is 5.95. The molecular weight excluding hydrogens is 328 g/mol. The molecule has 0 unspecified atom stereocenters. The number of piperidine rings is 2. The van der Waals surface area contributed by atoms with E-state index in [1.54, 1.807) is 24.3 Å². The summed E-state index contributed by atoms with van der Waals surface area (Å²) in [6.45, 7) is 7.71. The van der Waals surface area contributed by atoms with Crippen molar-refractivity contribution in [1.82, 2.24) is 15.5 Å². The van der Waals surface area contributed by atoms with E-state index in [1.807, 2.05) is 18.7 Å². The van der Waals surface area contributed by atoms with Gasteiger partial charge in [0.15, 0.2) is 0 Å². The summed E-state index contributed by atoms with van der Waals surface area (Å²) in [7, 11) is 0. The highest BCUT2D eigenvalue weighted by atomic mass is 16.2. The number of likely N-dealkylation sites (tertiary alicyclic amines) is 1. The number of hydrogen-bond acceptors (Lipinski definition) is 3. The number of hydrogen-bond donors (Lipinski definition) is 3. The van der Waals surface area contributed by atoms with Crippen molar-refractivity contribution in [2.45, 2.75) is 45.6 Å². The second-order valence-corrected chi connectivity index (χ2v) is 7.87. The van der Waals surface area contributed by atoms with Crippen LogP contribution in [0.5, 0.6) is 0 Å². The molecule has 2 aliphatic rings. The third kappa shape index (κ3) is 4.55. The number of nitrogens with one attached hydrogen (secondary N) is 3. The molecule has 6 nitrogen and oxygen atoms in total. The van der Waals surface area contributed by atoms with Gasteiger partial charge in [0.05, 0.1) is 0 Å². The SMILES string of the molecule is CC(C)NC(=O)Nc1ccc(C(=O)N2CCC3(CCNCC3)CC2)cc1. The zero-order valence-corrected chi connectivity index (χ0v) is 15.8. The lowest BCUT2D eigenvalue weighted by atomic mass is 9.71. The summed E-state index contributed by atoms with van der Waals surface area (Å²) in [5.74, 6) is 0.0898. The van der Waals surface area contributed by atoms with Crippen molar-refractivity contribution in [3.63, 3.8) is 0 Å². The van der Waals surface area contributed by atoms with Gasteiger partial charge in [-0.25, -0.2) is 4.79 Å². The minimum Gasteiger partial charge on any atom is -0.339 e. The van der Waals surface area contributed by atoms with E-state index >= 15 is 0 Å². The number of urea groups is 1. The first kappa shape index (κ1) is 18.7. The first-order valence-corrected chi connectivity index (χ1v) is 9.65. The molecule has 2 saturated heterocycles. The van der Waals surface area contributed by atoms with E-state index in [2.05, 4.69) is 16.0 Å². The van der Waals surface area contributed by atoms with Gasteiger partial charge in [0.1, 0.15) is 0 Å². The van der Waals surface area contributed by atoms with Crippen LogP contribution in [0.15, 0.2) is 24.3 Å². The standard InChI is InChI=1S/C20H30N4O2/c1-15(2)22-19(26)23-17-5-3-16(4-6-17)18(25)24-13-9-20(10-14-24)7-11-21-12-8-20/h3-6,15,21H,7-14H2,1-2H3,(H2,22,23,26). The normalized spacial score (nSPS) is 19.4. The van der Waals surface area contributed by atoms with Crippen LogP contribution < -0.4 is 16.0 Å². The third-order valence-corrected chi connectivity index (χ3v) is 5.59. The molecule has 0 radical (unpaired) electrons. The number of amides is 3. The molecule has 1 aromatic rings. The molecule has 2 heterocycles. The van der Waals surface area contributed by atoms with Gasteiger partial charge >= 0.3 is 6.03 Å². The Hall–Kier alpha value is -2.08. The molecule has 0 aliphatic carbocycles. The van der Waals surface area contributed by atoms with E-state index in [0.717, 1.165) is 39.0 Å². The predicted molar refractivity (Wildman–Crippen MR) is 103 cm³/mol. The molecule has 1 spiro atoms. The van der Waals surface area contributed by atoms with Gasteiger partial charge in [0, 0.05) is 30.4 Å². The van der Waals surface area contributed by atoms with Crippen LogP contribution in [0, 0.1) is 5.41 Å². The molecule has 0 saturated carbocycles. The van der Waals surface area contributed by atoms with Crippen molar-refractivity contribution in [1.29, 1.82) is 0 Å². The highest BCUT2D eigenvalue weighted by Crippen LogP contribution is 2.39. The molecule has 2 aliphatic heterocycles. The molecule has 26 heavy (non-hydrogen) atoms. The van der Waals surface area contributed by atoms with Crippen molar-refractivity contribution in [3.05, 3.63) is 29.8 Å². The number of carbonyl (C=O) groups is 2. The Balaban J connectivity index is 1.54. The van der Waals surface area contributed by atoms with Crippen LogP contribution in [-0.4, -0.2) is 49.1 Å². The summed E-state index contributed by atoms with van der Waals surface area (Å²) >= 11 is 0. The van der Waals surface area contributed by atoms with Crippen LogP contribution in [0.4, 0.5) is 10.5 Å². The summed E-state index contributed by atoms with van der Waals surface area (Å²) in [5, 5.41) is 8.99. The molecule has 3 amide bonds. The predicted octanol–water partition coefficient (Wildman–Crippen LogP) is 2.82. The van der Waals surface area contributed by atoms with E-state index in [4.69, 9.17) is 0 Å². The number of rotatable bonds is 3. The quantitative estimate of drug-likeness (QED) is 0.778. The Kier molecular flexibility index (Phi) is 5.81. The molecule has 3 rings (SSSR count). The molecule has 0 atom stereocenters. The molecule has 3 N–H and O–H groups in total. The van der Waals surface area contributed by atoms with Crippen LogP contribution in [0.1, 0.15) is 49.9 Å². The zero-order chi connectivity index (χ0) is 18.6. The summed E-state index contributed by atoms with van der Waals surface area (Å²) < 4.78 is 0. The fraction of sp³-hybridized carbons (Fsp3) is 0.600. The highest BCUT2D eigenvalue weighted by Gasteiger charge is 2.36. The number of anilines is 1. The van der Waals surface area contributed by atoms with E-state index in [0.29, 0.717) is 16.7 Å². The summed E-state index contributed by atoms with van der Waals surface area (Å²) in [6, 6.07) is 7.00. The minimum absolute atomic E-state index is 0.0817. The number of nitrogens with zero attached hydrogens (tertiary/aromatic N) is 1. The van der Waals surface area contributed by atoms with Gasteiger partial charge < -0.3 is 20.9 Å². The van der Waals surface area contributed by atoms with Gasteiger partial charge in [-0.1, -0.05) is 0 Å². The van der Waals surface area contributed by atoms with Gasteiger partial charge in [-0.3, -0.25) is 4.79 Å². The van der Waals surface area contributed by atoms with Gasteiger partial charge in [-0.05, 0) is 82.3 Å². The fourth-order valence-electron chi connectivity index (χ4n) is 3.95. The van der Waals surface area contributed by atoms with Crippen LogP contribution >= 0.6 is 0 Å². The summed E-state index contributed by atoms with van der Waals surface area (Å²) in [6.07, 6.45) is 4.67. The summed E-state index contributed by atoms with van der Waals surface area (Å²) in [5.41, 5.74) is 1.81. The molecular formula is C20H30N4O2. The second-order valence-electron chi connectivity index (χ2n) is 7.87. The van der Waals surface area contributed by atoms with Gasteiger partial charge in [0.25, 0.3) is 5.91 Å². The van der Waals surface area contributed by atoms with Gasteiger partial charge in [-0.2, -0.15) is 0 Å². The minimum atomic E-state index is -0.234. The lowest BCUT2D eigenvalue weighted by molar-refractivity contribution is 0.0495. The lowest BCUT2D eigenvalue weighted by Gasteiger charge is -2.44. The maximum Gasteiger partial charge on any atom is 0.319 e. The molecule has 1 aromatic carbocycles. The van der Waals surface area contributed by atoms with Crippen molar-refractivity contribution < 1.29 is 9.59 Å². The second kappa shape index (κ2) is 8.08. The number of benzene rings is 1. The van der Waals surface area contributed by atoms with Crippen molar-refractivity contribution in [2.75, 3.05) is 31.5 Å². The average molecular weight is 358 g/mol. The smallest absolute Gasteiger partial charge is 0.319 e. The van der Waals surface area contributed by atoms with Gasteiger partial charge in [-0.15, -0.1) is 0 Å². The van der Waals surface area contributed by atoms with E-state index in [9.17, 15) is 9.59 Å². The first-order chi connectivity index (χ1) is 12.5. The maximum atomic E-state index is 12.8. The van der Waals surface area contributed by atoms with Crippen molar-refractivity contribution in [3.8, 4) is 0 Å². The molecule has 142 valence electrons. The third-order valence-electron chi connectivity index (χ3n) is 5.59.